The van der Waals surface area contributed by atoms with Crippen molar-refractivity contribution in [3.63, 3.8) is 0 Å². The van der Waals surface area contributed by atoms with Crippen molar-refractivity contribution in [1.82, 2.24) is 5.32 Å². The lowest BCUT2D eigenvalue weighted by Gasteiger charge is -2.10. The van der Waals surface area contributed by atoms with Crippen molar-refractivity contribution in [2.75, 3.05) is 6.54 Å². The van der Waals surface area contributed by atoms with Gasteiger partial charge in [0.25, 0.3) is 0 Å². The second-order valence-corrected chi connectivity index (χ2v) is 6.01. The van der Waals surface area contributed by atoms with Crippen molar-refractivity contribution in [1.29, 1.82) is 0 Å². The molecule has 0 aromatic carbocycles. The highest BCUT2D eigenvalue weighted by atomic mass is 79.9. The smallest absolute Gasteiger partial charge is 0.0327 e. The Labute approximate surface area is 103 Å². The zero-order chi connectivity index (χ0) is 10.7. The van der Waals surface area contributed by atoms with Crippen LogP contribution in [0.5, 0.6) is 0 Å². The molecule has 1 saturated carbocycles. The molecule has 1 heterocycles. The first-order valence-corrected chi connectivity index (χ1v) is 7.13. The van der Waals surface area contributed by atoms with Gasteiger partial charge in [-0.2, -0.15) is 0 Å². The van der Waals surface area contributed by atoms with Gasteiger partial charge in [0, 0.05) is 21.9 Å². The van der Waals surface area contributed by atoms with Crippen LogP contribution in [0.4, 0.5) is 0 Å². The summed E-state index contributed by atoms with van der Waals surface area (Å²) in [6, 6.07) is 2.52. The van der Waals surface area contributed by atoms with E-state index in [-0.39, 0.29) is 0 Å². The zero-order valence-electron chi connectivity index (χ0n) is 8.71. The van der Waals surface area contributed by atoms with E-state index in [1.54, 1.807) is 11.3 Å². The summed E-state index contributed by atoms with van der Waals surface area (Å²) in [6.07, 6.45) is 3.79. The quantitative estimate of drug-likeness (QED) is 0.790. The molecule has 1 aromatic rings. The summed E-state index contributed by atoms with van der Waals surface area (Å²) in [6.45, 7) is 1.98. The van der Waals surface area contributed by atoms with Gasteiger partial charge in [-0.3, -0.25) is 0 Å². The van der Waals surface area contributed by atoms with Crippen molar-refractivity contribution in [3.05, 3.63) is 20.8 Å². The van der Waals surface area contributed by atoms with Crippen LogP contribution in [-0.4, -0.2) is 12.6 Å². The number of hydrogen-bond acceptors (Lipinski definition) is 3. The van der Waals surface area contributed by atoms with E-state index in [0.29, 0.717) is 6.04 Å². The number of halogens is 1. The van der Waals surface area contributed by atoms with Gasteiger partial charge in [-0.25, -0.2) is 0 Å². The Morgan fingerprint density at radius 2 is 2.40 bits per heavy atom. The van der Waals surface area contributed by atoms with Crippen LogP contribution in [0.2, 0.25) is 0 Å². The number of hydrogen-bond donors (Lipinski definition) is 2. The van der Waals surface area contributed by atoms with Crippen LogP contribution >= 0.6 is 27.3 Å². The van der Waals surface area contributed by atoms with Crippen molar-refractivity contribution < 1.29 is 0 Å². The largest absolute Gasteiger partial charge is 0.327 e. The van der Waals surface area contributed by atoms with Crippen molar-refractivity contribution in [3.8, 4) is 0 Å². The second-order valence-electron chi connectivity index (χ2n) is 4.16. The van der Waals surface area contributed by atoms with E-state index in [9.17, 15) is 0 Å². The van der Waals surface area contributed by atoms with E-state index in [1.807, 2.05) is 0 Å². The molecule has 0 amide bonds. The topological polar surface area (TPSA) is 38.0 Å². The predicted molar refractivity (Wildman–Crippen MR) is 69.0 cm³/mol. The van der Waals surface area contributed by atoms with Gasteiger partial charge in [-0.1, -0.05) is 0 Å². The fourth-order valence-corrected chi connectivity index (χ4v) is 3.14. The van der Waals surface area contributed by atoms with Crippen LogP contribution < -0.4 is 11.1 Å². The van der Waals surface area contributed by atoms with Gasteiger partial charge >= 0.3 is 0 Å². The Morgan fingerprint density at radius 3 is 3.00 bits per heavy atom. The average Bonchev–Trinajstić information content (AvgIpc) is 2.99. The van der Waals surface area contributed by atoms with Crippen LogP contribution in [-0.2, 0) is 6.54 Å². The van der Waals surface area contributed by atoms with Crippen molar-refractivity contribution in [2.45, 2.75) is 31.8 Å². The normalized spacial score (nSPS) is 18.0. The predicted octanol–water partition coefficient (Wildman–Crippen LogP) is 2.73. The molecule has 0 saturated heterocycles. The van der Waals surface area contributed by atoms with Gasteiger partial charge in [0.05, 0.1) is 0 Å². The lowest BCUT2D eigenvalue weighted by molar-refractivity contribution is 0.518. The Morgan fingerprint density at radius 1 is 1.60 bits per heavy atom. The number of thiophene rings is 1. The molecule has 1 aliphatic carbocycles. The third kappa shape index (κ3) is 3.55. The average molecular weight is 289 g/mol. The van der Waals surface area contributed by atoms with Gasteiger partial charge in [-0.05, 0) is 59.1 Å². The van der Waals surface area contributed by atoms with Crippen LogP contribution in [0.1, 0.15) is 24.1 Å². The maximum atomic E-state index is 6.02. The molecule has 0 aliphatic heterocycles. The molecule has 0 bridgehead atoms. The highest BCUT2D eigenvalue weighted by Gasteiger charge is 2.27. The molecular formula is C11H17BrN2S. The maximum Gasteiger partial charge on any atom is 0.0327 e. The molecule has 1 unspecified atom stereocenters. The summed E-state index contributed by atoms with van der Waals surface area (Å²) in [5, 5.41) is 5.55. The zero-order valence-corrected chi connectivity index (χ0v) is 11.1. The minimum Gasteiger partial charge on any atom is -0.327 e. The lowest BCUT2D eigenvalue weighted by atomic mass is 10.1. The van der Waals surface area contributed by atoms with Crippen LogP contribution in [0, 0.1) is 5.92 Å². The summed E-state index contributed by atoms with van der Waals surface area (Å²) < 4.78 is 1.21. The van der Waals surface area contributed by atoms with Gasteiger partial charge in [-0.15, -0.1) is 11.3 Å². The monoisotopic (exact) mass is 288 g/mol. The molecule has 1 fully saturated rings. The highest BCUT2D eigenvalue weighted by molar-refractivity contribution is 9.10. The molecule has 2 nitrogen and oxygen atoms in total. The van der Waals surface area contributed by atoms with Crippen LogP contribution in [0.25, 0.3) is 0 Å². The molecule has 2 rings (SSSR count). The molecule has 4 heteroatoms. The number of rotatable bonds is 6. The fraction of sp³-hybridized carbons (Fsp3) is 0.636. The molecule has 1 atom stereocenters. The minimum absolute atomic E-state index is 0.421. The second kappa shape index (κ2) is 5.43. The Balaban J connectivity index is 1.60. The van der Waals surface area contributed by atoms with Crippen LogP contribution in [0.3, 0.4) is 0 Å². The van der Waals surface area contributed by atoms with E-state index in [2.05, 4.69) is 32.7 Å². The summed E-state index contributed by atoms with van der Waals surface area (Å²) in [5.41, 5.74) is 6.02. The maximum absolute atomic E-state index is 6.02. The van der Waals surface area contributed by atoms with Gasteiger partial charge in [0.2, 0.25) is 0 Å². The minimum atomic E-state index is 0.421. The summed E-state index contributed by atoms with van der Waals surface area (Å²) in [4.78, 5) is 1.37. The Kier molecular flexibility index (Phi) is 4.20. The van der Waals surface area contributed by atoms with Crippen LogP contribution in [0.15, 0.2) is 15.9 Å². The SMILES string of the molecule is NC(CCNCc1sccc1Br)C1CC1. The van der Waals surface area contributed by atoms with E-state index >= 15 is 0 Å². The standard InChI is InChI=1S/C11H17BrN2S/c12-9-4-6-15-11(9)7-14-5-3-10(13)8-1-2-8/h4,6,8,10,14H,1-3,5,7,13H2. The fourth-order valence-electron chi connectivity index (χ4n) is 1.68. The molecule has 15 heavy (non-hydrogen) atoms. The van der Waals surface area contributed by atoms with E-state index in [4.69, 9.17) is 5.73 Å². The summed E-state index contributed by atoms with van der Waals surface area (Å²) in [5.74, 6) is 0.820. The molecule has 1 aromatic heterocycles. The van der Waals surface area contributed by atoms with Crippen molar-refractivity contribution >= 4 is 27.3 Å². The molecule has 84 valence electrons. The first-order valence-electron chi connectivity index (χ1n) is 5.45. The summed E-state index contributed by atoms with van der Waals surface area (Å²) >= 11 is 5.31. The number of nitrogens with two attached hydrogens (primary N) is 1. The van der Waals surface area contributed by atoms with E-state index < -0.39 is 0 Å². The Bertz CT molecular complexity index is 309. The lowest BCUT2D eigenvalue weighted by Crippen LogP contribution is -2.28. The first kappa shape index (κ1) is 11.6. The van der Waals surface area contributed by atoms with Gasteiger partial charge in [0.1, 0.15) is 0 Å². The molecule has 3 N–H and O–H groups in total. The van der Waals surface area contributed by atoms with Gasteiger partial charge in [0.15, 0.2) is 0 Å². The third-order valence-electron chi connectivity index (χ3n) is 2.86. The first-order chi connectivity index (χ1) is 7.27. The summed E-state index contributed by atoms with van der Waals surface area (Å²) in [7, 11) is 0. The Hall–Kier alpha value is 0.100. The highest BCUT2D eigenvalue weighted by Crippen LogP contribution is 2.32. The van der Waals surface area contributed by atoms with E-state index in [1.165, 1.54) is 22.2 Å². The molecule has 0 spiro atoms. The number of nitrogens with one attached hydrogen (secondary N) is 1. The molecule has 0 radical (unpaired) electrons. The third-order valence-corrected chi connectivity index (χ3v) is 4.78. The van der Waals surface area contributed by atoms with Crippen molar-refractivity contribution in [2.24, 2.45) is 11.7 Å². The molecule has 1 aliphatic rings. The van der Waals surface area contributed by atoms with E-state index in [0.717, 1.165) is 25.4 Å². The van der Waals surface area contributed by atoms with Gasteiger partial charge < -0.3 is 11.1 Å². The molecular weight excluding hydrogens is 272 g/mol.